The monoisotopic (exact) mass is 341 g/mol. The molecule has 1 aliphatic rings. The molecule has 0 fully saturated rings. The average Bonchev–Trinajstić information content (AvgIpc) is 2.93. The molecule has 0 aliphatic heterocycles. The van der Waals surface area contributed by atoms with Crippen LogP contribution in [0, 0.1) is 13.8 Å². The van der Waals surface area contributed by atoms with Crippen molar-refractivity contribution < 1.29 is 18.9 Å². The topological polar surface area (TPSA) is 63.0 Å². The van der Waals surface area contributed by atoms with E-state index in [4.69, 9.17) is 4.74 Å². The van der Waals surface area contributed by atoms with Crippen molar-refractivity contribution in [2.24, 2.45) is 0 Å². The molecule has 1 aliphatic carbocycles. The maximum absolute atomic E-state index is 13.0. The van der Waals surface area contributed by atoms with Gasteiger partial charge in [-0.2, -0.15) is 4.57 Å². The predicted molar refractivity (Wildman–Crippen MR) is 93.9 cm³/mol. The second kappa shape index (κ2) is 6.82. The average molecular weight is 341 g/mol. The summed E-state index contributed by atoms with van der Waals surface area (Å²) < 4.78 is 6.80. The molecule has 3 rings (SSSR count). The van der Waals surface area contributed by atoms with Crippen molar-refractivity contribution in [1.29, 1.82) is 0 Å². The molecule has 2 aromatic heterocycles. The van der Waals surface area contributed by atoms with Gasteiger partial charge in [0.15, 0.2) is 12.4 Å². The third-order valence-corrected chi connectivity index (χ3v) is 5.21. The number of fused-ring (bicyclic) bond motifs is 1. The highest BCUT2D eigenvalue weighted by atomic mass is 16.5. The number of ketones is 1. The van der Waals surface area contributed by atoms with Crippen LogP contribution in [0.25, 0.3) is 0 Å². The van der Waals surface area contributed by atoms with Crippen molar-refractivity contribution in [3.63, 3.8) is 0 Å². The van der Waals surface area contributed by atoms with Crippen LogP contribution in [-0.4, -0.2) is 23.8 Å². The highest BCUT2D eigenvalue weighted by Crippen LogP contribution is 2.23. The van der Waals surface area contributed by atoms with E-state index in [1.165, 1.54) is 31.1 Å². The van der Waals surface area contributed by atoms with Gasteiger partial charge >= 0.3 is 5.97 Å². The van der Waals surface area contributed by atoms with Gasteiger partial charge in [0.05, 0.1) is 18.4 Å². The van der Waals surface area contributed by atoms with Gasteiger partial charge in [0.25, 0.3) is 0 Å². The smallest absolute Gasteiger partial charge is 0.339 e. The van der Waals surface area contributed by atoms with E-state index < -0.39 is 5.97 Å². The minimum atomic E-state index is -0.417. The van der Waals surface area contributed by atoms with Crippen molar-refractivity contribution >= 4 is 11.8 Å². The standard InChI is InChI=1S/C20H24N2O3/c1-12-17(20(24)25-4)13(2)21-18(12)19(23)14(3)22-10-9-15-7-5-6-8-16(15)11-22/h9-11,14H,5-8H2,1-4H3/p+1/t14-/m1/s1. The number of carbonyl (C=O) groups excluding carboxylic acids is 2. The lowest BCUT2D eigenvalue weighted by Gasteiger charge is -2.15. The highest BCUT2D eigenvalue weighted by molar-refractivity contribution is 6.02. The molecule has 0 radical (unpaired) electrons. The van der Waals surface area contributed by atoms with Gasteiger partial charge in [0.1, 0.15) is 0 Å². The Morgan fingerprint density at radius 3 is 2.56 bits per heavy atom. The molecule has 1 atom stereocenters. The first kappa shape index (κ1) is 17.4. The number of pyridine rings is 1. The number of nitrogens with one attached hydrogen (secondary N) is 1. The Morgan fingerprint density at radius 2 is 1.88 bits per heavy atom. The van der Waals surface area contributed by atoms with Crippen LogP contribution in [0.5, 0.6) is 0 Å². The Balaban J connectivity index is 1.92. The summed E-state index contributed by atoms with van der Waals surface area (Å²) in [5.74, 6) is -0.448. The maximum atomic E-state index is 13.0. The number of aromatic nitrogens is 2. The fraction of sp³-hybridized carbons (Fsp3) is 0.450. The van der Waals surface area contributed by atoms with Crippen molar-refractivity contribution in [3.05, 3.63) is 52.1 Å². The number of aromatic amines is 1. The van der Waals surface area contributed by atoms with Gasteiger partial charge in [-0.15, -0.1) is 0 Å². The fourth-order valence-electron chi connectivity index (χ4n) is 3.68. The summed E-state index contributed by atoms with van der Waals surface area (Å²) in [4.78, 5) is 28.0. The molecule has 0 amide bonds. The first-order valence-electron chi connectivity index (χ1n) is 8.78. The first-order chi connectivity index (χ1) is 11.9. The van der Waals surface area contributed by atoms with Crippen molar-refractivity contribution in [1.82, 2.24) is 4.98 Å². The first-order valence-corrected chi connectivity index (χ1v) is 8.78. The summed E-state index contributed by atoms with van der Waals surface area (Å²) in [6.45, 7) is 5.46. The van der Waals surface area contributed by atoms with Gasteiger partial charge in [0, 0.05) is 24.2 Å². The van der Waals surface area contributed by atoms with Crippen LogP contribution in [0.2, 0.25) is 0 Å². The van der Waals surface area contributed by atoms with Gasteiger partial charge in [-0.3, -0.25) is 4.79 Å². The van der Waals surface area contributed by atoms with E-state index >= 15 is 0 Å². The Bertz CT molecular complexity index is 836. The van der Waals surface area contributed by atoms with E-state index in [9.17, 15) is 9.59 Å². The number of nitrogens with zero attached hydrogens (tertiary/aromatic N) is 1. The molecule has 25 heavy (non-hydrogen) atoms. The number of esters is 1. The van der Waals surface area contributed by atoms with Crippen molar-refractivity contribution in [2.45, 2.75) is 52.5 Å². The van der Waals surface area contributed by atoms with Crippen LogP contribution >= 0.6 is 0 Å². The molecule has 5 nitrogen and oxygen atoms in total. The minimum absolute atomic E-state index is 0.0310. The van der Waals surface area contributed by atoms with E-state index in [1.807, 2.05) is 17.7 Å². The summed E-state index contributed by atoms with van der Waals surface area (Å²) >= 11 is 0. The number of ether oxygens (including phenoxy) is 1. The Morgan fingerprint density at radius 1 is 1.20 bits per heavy atom. The van der Waals surface area contributed by atoms with E-state index in [-0.39, 0.29) is 11.8 Å². The number of hydrogen-bond acceptors (Lipinski definition) is 3. The number of aryl methyl sites for hydroxylation is 3. The normalized spacial score (nSPS) is 14.7. The van der Waals surface area contributed by atoms with Crippen LogP contribution in [0.3, 0.4) is 0 Å². The third-order valence-electron chi connectivity index (χ3n) is 5.21. The zero-order valence-corrected chi connectivity index (χ0v) is 15.3. The molecule has 0 unspecified atom stereocenters. The number of methoxy groups -OCH3 is 1. The molecular weight excluding hydrogens is 316 g/mol. The summed E-state index contributed by atoms with van der Waals surface area (Å²) in [6.07, 6.45) is 8.72. The zero-order chi connectivity index (χ0) is 18.1. The second-order valence-electron chi connectivity index (χ2n) is 6.81. The predicted octanol–water partition coefficient (Wildman–Crippen LogP) is 3.03. The molecule has 0 spiro atoms. The Hall–Kier alpha value is -2.43. The lowest BCUT2D eigenvalue weighted by atomic mass is 9.93. The van der Waals surface area contributed by atoms with E-state index in [2.05, 4.69) is 17.2 Å². The molecule has 1 N–H and O–H groups in total. The van der Waals surface area contributed by atoms with Gasteiger partial charge < -0.3 is 9.72 Å². The van der Waals surface area contributed by atoms with Gasteiger partial charge in [-0.25, -0.2) is 4.79 Å². The van der Waals surface area contributed by atoms with E-state index in [0.717, 1.165) is 12.8 Å². The molecule has 5 heteroatoms. The van der Waals surface area contributed by atoms with Crippen LogP contribution in [-0.2, 0) is 17.6 Å². The van der Waals surface area contributed by atoms with Crippen molar-refractivity contribution in [3.8, 4) is 0 Å². The van der Waals surface area contributed by atoms with Crippen LogP contribution < -0.4 is 4.57 Å². The number of hydrogen-bond donors (Lipinski definition) is 1. The van der Waals surface area contributed by atoms with Gasteiger partial charge in [-0.05, 0) is 50.7 Å². The quantitative estimate of drug-likeness (QED) is 0.528. The maximum Gasteiger partial charge on any atom is 0.339 e. The molecule has 0 aromatic carbocycles. The van der Waals surface area contributed by atoms with E-state index in [0.29, 0.717) is 22.5 Å². The zero-order valence-electron chi connectivity index (χ0n) is 15.3. The van der Waals surface area contributed by atoms with Crippen molar-refractivity contribution in [2.75, 3.05) is 7.11 Å². The molecule has 2 heterocycles. The molecule has 0 bridgehead atoms. The molecular formula is C20H25N2O3+. The highest BCUT2D eigenvalue weighted by Gasteiger charge is 2.30. The fourth-order valence-corrected chi connectivity index (χ4v) is 3.68. The van der Waals surface area contributed by atoms with Crippen LogP contribution in [0.15, 0.2) is 18.5 Å². The van der Waals surface area contributed by atoms with Gasteiger partial charge in [0.2, 0.25) is 11.8 Å². The molecule has 132 valence electrons. The summed E-state index contributed by atoms with van der Waals surface area (Å²) in [5, 5.41) is 0. The van der Waals surface area contributed by atoms with E-state index in [1.54, 1.807) is 13.8 Å². The molecule has 0 saturated carbocycles. The lowest BCUT2D eigenvalue weighted by molar-refractivity contribution is -0.705. The third kappa shape index (κ3) is 3.11. The van der Waals surface area contributed by atoms with Crippen LogP contribution in [0.1, 0.15) is 69.0 Å². The SMILES string of the molecule is COC(=O)c1c(C)[nH]c(C(=O)[C@@H](C)[n+]2ccc3c(c2)CCCC3)c1C. The summed E-state index contributed by atoms with van der Waals surface area (Å²) in [7, 11) is 1.35. The van der Waals surface area contributed by atoms with Crippen LogP contribution in [0.4, 0.5) is 0 Å². The number of carbonyl (C=O) groups is 2. The summed E-state index contributed by atoms with van der Waals surface area (Å²) in [5.41, 5.74) is 4.98. The minimum Gasteiger partial charge on any atom is -0.465 e. The Kier molecular flexibility index (Phi) is 4.75. The number of H-pyrrole nitrogens is 1. The number of Topliss-reactive ketones (excluding diaryl/α,β-unsaturated/α-hetero) is 1. The lowest BCUT2D eigenvalue weighted by Crippen LogP contribution is -2.43. The van der Waals surface area contributed by atoms with Gasteiger partial charge in [-0.1, -0.05) is 0 Å². The summed E-state index contributed by atoms with van der Waals surface area (Å²) in [6, 6.07) is 1.79. The largest absolute Gasteiger partial charge is 0.465 e. The molecule has 0 saturated heterocycles. The second-order valence-corrected chi connectivity index (χ2v) is 6.81. The number of rotatable bonds is 4. The molecule has 2 aromatic rings. The Labute approximate surface area is 148 Å².